The zero-order valence-corrected chi connectivity index (χ0v) is 13.5. The van der Waals surface area contributed by atoms with E-state index in [1.165, 1.54) is 0 Å². The van der Waals surface area contributed by atoms with Gasteiger partial charge < -0.3 is 10.1 Å². The number of hydrogen-bond donors (Lipinski definition) is 1. The molecular formula is C15H22N2O3S. The summed E-state index contributed by atoms with van der Waals surface area (Å²) in [4.78, 5) is 11.4. The quantitative estimate of drug-likeness (QED) is 0.649. The molecule has 0 spiro atoms. The van der Waals surface area contributed by atoms with Gasteiger partial charge in [-0.15, -0.1) is 0 Å². The predicted octanol–water partition coefficient (Wildman–Crippen LogP) is 2.84. The smallest absolute Gasteiger partial charge is 0.407 e. The second-order valence-corrected chi connectivity index (χ2v) is 7.36. The van der Waals surface area contributed by atoms with Crippen LogP contribution in [0.2, 0.25) is 0 Å². The SMILES string of the molecule is CC(C)(C)[S@@](=O)/N=C/CCNC(=O)OCc1ccccc1. The zero-order valence-electron chi connectivity index (χ0n) is 12.7. The third-order valence-corrected chi connectivity index (χ3v) is 3.84. The minimum atomic E-state index is -1.25. The van der Waals surface area contributed by atoms with Crippen LogP contribution in [0.4, 0.5) is 4.79 Å². The van der Waals surface area contributed by atoms with E-state index in [1.807, 2.05) is 51.1 Å². The standard InChI is InChI=1S/C15H22N2O3S/c1-15(2,3)21(19)17-11-7-10-16-14(18)20-12-13-8-5-4-6-9-13/h4-6,8-9,11H,7,10,12H2,1-3H3,(H,16,18)/b17-11+/t21-/m1/s1. The first kappa shape index (κ1) is 17.4. The molecule has 1 amide bonds. The van der Waals surface area contributed by atoms with Crippen LogP contribution in [0, 0.1) is 0 Å². The van der Waals surface area contributed by atoms with E-state index in [9.17, 15) is 9.00 Å². The molecule has 1 atom stereocenters. The van der Waals surface area contributed by atoms with Gasteiger partial charge in [-0.25, -0.2) is 9.00 Å². The molecule has 0 aliphatic rings. The van der Waals surface area contributed by atoms with Gasteiger partial charge in [-0.3, -0.25) is 0 Å². The molecule has 0 heterocycles. The molecule has 0 bridgehead atoms. The van der Waals surface area contributed by atoms with Crippen molar-refractivity contribution in [3.8, 4) is 0 Å². The van der Waals surface area contributed by atoms with Crippen molar-refractivity contribution in [2.75, 3.05) is 6.54 Å². The normalized spacial score (nSPS) is 13.1. The summed E-state index contributed by atoms with van der Waals surface area (Å²) in [6.07, 6.45) is 1.62. The minimum Gasteiger partial charge on any atom is -0.445 e. The van der Waals surface area contributed by atoms with Gasteiger partial charge in [0, 0.05) is 19.2 Å². The molecule has 0 fully saturated rings. The number of carbonyl (C=O) groups excluding carboxylic acids is 1. The van der Waals surface area contributed by atoms with E-state index in [-0.39, 0.29) is 11.4 Å². The van der Waals surface area contributed by atoms with Gasteiger partial charge >= 0.3 is 6.09 Å². The molecule has 1 aromatic carbocycles. The van der Waals surface area contributed by atoms with Crippen molar-refractivity contribution < 1.29 is 13.7 Å². The minimum absolute atomic E-state index is 0.245. The molecule has 1 aromatic rings. The van der Waals surface area contributed by atoms with Gasteiger partial charge in [-0.2, -0.15) is 4.40 Å². The zero-order chi connectivity index (χ0) is 15.7. The highest BCUT2D eigenvalue weighted by Gasteiger charge is 2.17. The molecule has 0 saturated heterocycles. The lowest BCUT2D eigenvalue weighted by Crippen LogP contribution is -2.25. The fourth-order valence-electron chi connectivity index (χ4n) is 1.29. The Kier molecular flexibility index (Phi) is 7.08. The molecule has 116 valence electrons. The molecule has 5 nitrogen and oxygen atoms in total. The van der Waals surface area contributed by atoms with Crippen LogP contribution >= 0.6 is 0 Å². The lowest BCUT2D eigenvalue weighted by molar-refractivity contribution is 0.140. The highest BCUT2D eigenvalue weighted by molar-refractivity contribution is 7.85. The van der Waals surface area contributed by atoms with Gasteiger partial charge in [0.15, 0.2) is 0 Å². The molecule has 21 heavy (non-hydrogen) atoms. The third-order valence-electron chi connectivity index (χ3n) is 2.45. The van der Waals surface area contributed by atoms with Crippen LogP contribution in [0.5, 0.6) is 0 Å². The molecule has 1 N–H and O–H groups in total. The second-order valence-electron chi connectivity index (χ2n) is 5.43. The van der Waals surface area contributed by atoms with Crippen LogP contribution in [0.3, 0.4) is 0 Å². The van der Waals surface area contributed by atoms with E-state index < -0.39 is 17.1 Å². The van der Waals surface area contributed by atoms with Gasteiger partial charge in [0.05, 0.1) is 4.75 Å². The number of benzene rings is 1. The van der Waals surface area contributed by atoms with Crippen molar-refractivity contribution in [1.82, 2.24) is 5.32 Å². The van der Waals surface area contributed by atoms with Crippen molar-refractivity contribution in [2.24, 2.45) is 4.40 Å². The van der Waals surface area contributed by atoms with E-state index in [1.54, 1.807) is 6.21 Å². The van der Waals surface area contributed by atoms with Crippen LogP contribution in [0.25, 0.3) is 0 Å². The Balaban J connectivity index is 2.17. The Morgan fingerprint density at radius 3 is 2.62 bits per heavy atom. The number of amides is 1. The molecule has 0 radical (unpaired) electrons. The molecule has 0 aliphatic heterocycles. The van der Waals surface area contributed by atoms with Crippen molar-refractivity contribution in [3.05, 3.63) is 35.9 Å². The summed E-state index contributed by atoms with van der Waals surface area (Å²) in [5, 5.41) is 2.61. The Morgan fingerprint density at radius 2 is 2.00 bits per heavy atom. The monoisotopic (exact) mass is 310 g/mol. The van der Waals surface area contributed by atoms with Gasteiger partial charge in [0.1, 0.15) is 17.6 Å². The van der Waals surface area contributed by atoms with E-state index in [4.69, 9.17) is 4.74 Å². The lowest BCUT2D eigenvalue weighted by atomic mass is 10.2. The van der Waals surface area contributed by atoms with Gasteiger partial charge in [0.25, 0.3) is 0 Å². The summed E-state index contributed by atoms with van der Waals surface area (Å²) < 4.78 is 20.3. The fourth-order valence-corrected chi connectivity index (χ4v) is 1.85. The van der Waals surface area contributed by atoms with Crippen LogP contribution < -0.4 is 5.32 Å². The van der Waals surface area contributed by atoms with Crippen molar-refractivity contribution >= 4 is 23.3 Å². The average Bonchev–Trinajstić information content (AvgIpc) is 2.44. The van der Waals surface area contributed by atoms with Gasteiger partial charge in [0.2, 0.25) is 0 Å². The number of hydrogen-bond acceptors (Lipinski definition) is 3. The predicted molar refractivity (Wildman–Crippen MR) is 85.6 cm³/mol. The van der Waals surface area contributed by atoms with E-state index in [0.717, 1.165) is 5.56 Å². The summed E-state index contributed by atoms with van der Waals surface area (Å²) in [5.41, 5.74) is 0.940. The van der Waals surface area contributed by atoms with Crippen LogP contribution in [0.15, 0.2) is 34.7 Å². The maximum atomic E-state index is 11.6. The van der Waals surface area contributed by atoms with Crippen LogP contribution in [0.1, 0.15) is 32.8 Å². The Hall–Kier alpha value is -1.69. The molecule has 0 saturated carbocycles. The van der Waals surface area contributed by atoms with E-state index in [2.05, 4.69) is 9.71 Å². The van der Waals surface area contributed by atoms with E-state index in [0.29, 0.717) is 13.0 Å². The van der Waals surface area contributed by atoms with Crippen LogP contribution in [-0.2, 0) is 22.3 Å². The topological polar surface area (TPSA) is 67.8 Å². The first-order valence-corrected chi connectivity index (χ1v) is 7.89. The molecular weight excluding hydrogens is 288 g/mol. The molecule has 1 rings (SSSR count). The van der Waals surface area contributed by atoms with Crippen molar-refractivity contribution in [1.29, 1.82) is 0 Å². The van der Waals surface area contributed by atoms with Crippen LogP contribution in [-0.4, -0.2) is 27.8 Å². The van der Waals surface area contributed by atoms with Crippen molar-refractivity contribution in [2.45, 2.75) is 38.5 Å². The fraction of sp³-hybridized carbons (Fsp3) is 0.467. The Labute approximate surface area is 128 Å². The average molecular weight is 310 g/mol. The molecule has 0 aliphatic carbocycles. The number of rotatable bonds is 6. The molecule has 0 unspecified atom stereocenters. The van der Waals surface area contributed by atoms with Gasteiger partial charge in [-0.1, -0.05) is 30.3 Å². The summed E-state index contributed by atoms with van der Waals surface area (Å²) in [6.45, 7) is 6.23. The Bertz CT molecular complexity index is 495. The lowest BCUT2D eigenvalue weighted by Gasteiger charge is -2.12. The number of alkyl carbamates (subject to hydrolysis) is 1. The Morgan fingerprint density at radius 1 is 1.33 bits per heavy atom. The maximum Gasteiger partial charge on any atom is 0.407 e. The summed E-state index contributed by atoms with van der Waals surface area (Å²) >= 11 is 0. The van der Waals surface area contributed by atoms with E-state index >= 15 is 0 Å². The first-order chi connectivity index (χ1) is 9.89. The maximum absolute atomic E-state index is 11.6. The number of carbonyl (C=O) groups is 1. The van der Waals surface area contributed by atoms with Crippen molar-refractivity contribution in [3.63, 3.8) is 0 Å². The summed E-state index contributed by atoms with van der Waals surface area (Å²) in [5.74, 6) is 0. The number of nitrogens with one attached hydrogen (secondary N) is 1. The summed E-state index contributed by atoms with van der Waals surface area (Å²) in [7, 11) is -1.25. The number of nitrogens with zero attached hydrogens (tertiary/aromatic N) is 1. The molecule has 0 aromatic heterocycles. The molecule has 6 heteroatoms. The largest absolute Gasteiger partial charge is 0.445 e. The second kappa shape index (κ2) is 8.56. The first-order valence-electron chi connectivity index (χ1n) is 6.78. The third kappa shape index (κ3) is 7.60. The highest BCUT2D eigenvalue weighted by atomic mass is 32.2. The van der Waals surface area contributed by atoms with Gasteiger partial charge in [-0.05, 0) is 26.3 Å². The number of ether oxygens (including phenoxy) is 1. The summed E-state index contributed by atoms with van der Waals surface area (Å²) in [6, 6.07) is 9.47. The highest BCUT2D eigenvalue weighted by Crippen LogP contribution is 2.11.